The number of nitrogens with zero attached hydrogens (tertiary/aromatic N) is 2. The highest BCUT2D eigenvalue weighted by Crippen LogP contribution is 1.98. The van der Waals surface area contributed by atoms with Gasteiger partial charge >= 0.3 is 0 Å². The van der Waals surface area contributed by atoms with Crippen molar-refractivity contribution in [3.63, 3.8) is 0 Å². The lowest BCUT2D eigenvalue weighted by atomic mass is 10.4. The Bertz CT molecular complexity index is 438. The molecule has 0 fully saturated rings. The molecule has 4 heteroatoms. The van der Waals surface area contributed by atoms with E-state index in [-0.39, 0.29) is 5.91 Å². The molecule has 1 aromatic heterocycles. The Hall–Kier alpha value is -1.22. The Kier molecular flexibility index (Phi) is 1.26. The third-order valence-electron chi connectivity index (χ3n) is 1.35. The molecule has 54 valence electrons. The molecule has 3 nitrogen and oxygen atoms in total. The van der Waals surface area contributed by atoms with Crippen LogP contribution in [0.1, 0.15) is 0 Å². The van der Waals surface area contributed by atoms with E-state index >= 15 is 0 Å². The largest absolute Gasteiger partial charge is 0.272 e. The smallest absolute Gasteiger partial charge is 0.267 e. The number of pyridine rings is 1. The standard InChI is InChI=1S/C7H3ClN2O/c8-4-1-6-5(9-3-4)2-7(11)10-6/h1-3H. The molecule has 0 unspecified atom stereocenters. The van der Waals surface area contributed by atoms with E-state index < -0.39 is 0 Å². The van der Waals surface area contributed by atoms with Crippen LogP contribution in [0.15, 0.2) is 17.3 Å². The van der Waals surface area contributed by atoms with Crippen LogP contribution in [-0.4, -0.2) is 10.9 Å². The van der Waals surface area contributed by atoms with Crippen molar-refractivity contribution < 1.29 is 4.79 Å². The van der Waals surface area contributed by atoms with Crippen molar-refractivity contribution in [1.29, 1.82) is 0 Å². The van der Waals surface area contributed by atoms with Gasteiger partial charge in [0.05, 0.1) is 15.7 Å². The van der Waals surface area contributed by atoms with Crippen LogP contribution in [0.2, 0.25) is 5.02 Å². The molecule has 1 amide bonds. The van der Waals surface area contributed by atoms with Crippen LogP contribution in [0, 0.1) is 0 Å². The number of amides is 1. The first-order valence-corrected chi connectivity index (χ1v) is 3.39. The molecule has 2 rings (SSSR count). The highest BCUT2D eigenvalue weighted by atomic mass is 35.5. The second kappa shape index (κ2) is 2.13. The van der Waals surface area contributed by atoms with Crippen molar-refractivity contribution in [2.45, 2.75) is 0 Å². The van der Waals surface area contributed by atoms with Gasteiger partial charge in [-0.3, -0.25) is 9.78 Å². The summed E-state index contributed by atoms with van der Waals surface area (Å²) in [5.41, 5.74) is 0. The summed E-state index contributed by atoms with van der Waals surface area (Å²) in [6, 6.07) is 1.62. The van der Waals surface area contributed by atoms with E-state index in [9.17, 15) is 4.79 Å². The predicted octanol–water partition coefficient (Wildman–Crippen LogP) is -0.325. The van der Waals surface area contributed by atoms with Crippen molar-refractivity contribution in [3.8, 4) is 0 Å². The summed E-state index contributed by atoms with van der Waals surface area (Å²) in [6.45, 7) is 0. The van der Waals surface area contributed by atoms with Crippen molar-refractivity contribution in [3.05, 3.63) is 28.0 Å². The Morgan fingerprint density at radius 1 is 1.45 bits per heavy atom. The Morgan fingerprint density at radius 3 is 3.09 bits per heavy atom. The van der Waals surface area contributed by atoms with Gasteiger partial charge in [0.15, 0.2) is 0 Å². The molecule has 0 aliphatic carbocycles. The minimum atomic E-state index is -0.269. The summed E-state index contributed by atoms with van der Waals surface area (Å²) in [7, 11) is 0. The van der Waals surface area contributed by atoms with Gasteiger partial charge in [-0.05, 0) is 6.07 Å². The number of aromatic nitrogens is 1. The van der Waals surface area contributed by atoms with Gasteiger partial charge in [0.1, 0.15) is 0 Å². The van der Waals surface area contributed by atoms with Crippen LogP contribution in [0.25, 0.3) is 6.08 Å². The average molecular weight is 167 g/mol. The van der Waals surface area contributed by atoms with E-state index in [4.69, 9.17) is 11.6 Å². The van der Waals surface area contributed by atoms with Crippen LogP contribution < -0.4 is 10.7 Å². The molecule has 0 radical (unpaired) electrons. The van der Waals surface area contributed by atoms with E-state index in [1.54, 1.807) is 6.07 Å². The first-order chi connectivity index (χ1) is 5.25. The van der Waals surface area contributed by atoms with Gasteiger partial charge in [0.2, 0.25) is 0 Å². The molecule has 0 aromatic carbocycles. The molecule has 0 N–H and O–H groups in total. The fourth-order valence-corrected chi connectivity index (χ4v) is 1.06. The molecule has 0 bridgehead atoms. The summed E-state index contributed by atoms with van der Waals surface area (Å²) in [6.07, 6.45) is 2.87. The third kappa shape index (κ3) is 1.03. The quantitative estimate of drug-likeness (QED) is 0.530. The summed E-state index contributed by atoms with van der Waals surface area (Å²) in [5, 5.41) is 1.65. The molecule has 2 heterocycles. The topological polar surface area (TPSA) is 42.3 Å². The molecule has 0 saturated heterocycles. The zero-order chi connectivity index (χ0) is 7.84. The summed E-state index contributed by atoms with van der Waals surface area (Å²) < 4.78 is 0. The molecular weight excluding hydrogens is 164 g/mol. The van der Waals surface area contributed by atoms with E-state index in [1.165, 1.54) is 12.3 Å². The van der Waals surface area contributed by atoms with Gasteiger partial charge in [0, 0.05) is 12.3 Å². The Morgan fingerprint density at radius 2 is 2.27 bits per heavy atom. The van der Waals surface area contributed by atoms with Crippen LogP contribution in [-0.2, 0) is 4.79 Å². The number of hydrogen-bond donors (Lipinski definition) is 0. The minimum absolute atomic E-state index is 0.269. The molecule has 1 aromatic rings. The number of hydrogen-bond acceptors (Lipinski definition) is 2. The highest BCUT2D eigenvalue weighted by Gasteiger charge is 2.03. The van der Waals surface area contributed by atoms with E-state index in [1.807, 2.05) is 0 Å². The second-order valence-corrected chi connectivity index (χ2v) is 2.59. The monoisotopic (exact) mass is 166 g/mol. The lowest BCUT2D eigenvalue weighted by molar-refractivity contribution is -0.112. The number of fused-ring (bicyclic) bond motifs is 1. The number of halogens is 1. The average Bonchev–Trinajstić information content (AvgIpc) is 2.27. The maximum Gasteiger partial charge on any atom is 0.272 e. The number of carbonyl (C=O) groups excluding carboxylic acids is 1. The van der Waals surface area contributed by atoms with Crippen molar-refractivity contribution in [1.82, 2.24) is 4.98 Å². The molecule has 1 aliphatic heterocycles. The van der Waals surface area contributed by atoms with Crippen molar-refractivity contribution in [2.75, 3.05) is 0 Å². The van der Waals surface area contributed by atoms with Crippen LogP contribution in [0.3, 0.4) is 0 Å². The zero-order valence-corrected chi connectivity index (χ0v) is 6.17. The summed E-state index contributed by atoms with van der Waals surface area (Å²) in [4.78, 5) is 18.3. The van der Waals surface area contributed by atoms with E-state index in [2.05, 4.69) is 9.98 Å². The summed E-state index contributed by atoms with van der Waals surface area (Å²) >= 11 is 5.62. The molecule has 0 atom stereocenters. The summed E-state index contributed by atoms with van der Waals surface area (Å²) in [5.74, 6) is -0.269. The van der Waals surface area contributed by atoms with E-state index in [0.29, 0.717) is 15.7 Å². The van der Waals surface area contributed by atoms with Gasteiger partial charge in [-0.2, -0.15) is 0 Å². The first kappa shape index (κ1) is 6.49. The van der Waals surface area contributed by atoms with Gasteiger partial charge in [-0.25, -0.2) is 4.99 Å². The van der Waals surface area contributed by atoms with Gasteiger partial charge in [-0.1, -0.05) is 11.6 Å². The zero-order valence-electron chi connectivity index (χ0n) is 5.41. The van der Waals surface area contributed by atoms with Gasteiger partial charge in [0.25, 0.3) is 5.91 Å². The SMILES string of the molecule is O=C1C=c2ncc(Cl)cc2=N1. The fraction of sp³-hybridized carbons (Fsp3) is 0. The Balaban J connectivity index is 2.89. The van der Waals surface area contributed by atoms with Crippen LogP contribution in [0.5, 0.6) is 0 Å². The highest BCUT2D eigenvalue weighted by molar-refractivity contribution is 6.30. The molecule has 0 saturated carbocycles. The molecular formula is C7H3ClN2O. The third-order valence-corrected chi connectivity index (χ3v) is 1.56. The second-order valence-electron chi connectivity index (χ2n) is 2.15. The number of rotatable bonds is 0. The first-order valence-electron chi connectivity index (χ1n) is 3.02. The molecule has 1 aliphatic rings. The van der Waals surface area contributed by atoms with Gasteiger partial charge in [-0.15, -0.1) is 0 Å². The predicted molar refractivity (Wildman–Crippen MR) is 39.5 cm³/mol. The molecule has 11 heavy (non-hydrogen) atoms. The van der Waals surface area contributed by atoms with Crippen LogP contribution >= 0.6 is 11.6 Å². The van der Waals surface area contributed by atoms with Crippen molar-refractivity contribution in [2.24, 2.45) is 4.99 Å². The van der Waals surface area contributed by atoms with Crippen molar-refractivity contribution >= 4 is 23.6 Å². The van der Waals surface area contributed by atoms with Crippen LogP contribution in [0.4, 0.5) is 0 Å². The fourth-order valence-electron chi connectivity index (χ4n) is 0.908. The van der Waals surface area contributed by atoms with Gasteiger partial charge < -0.3 is 0 Å². The molecule has 0 spiro atoms. The number of carbonyl (C=O) groups is 1. The maximum absolute atomic E-state index is 10.7. The lowest BCUT2D eigenvalue weighted by Crippen LogP contribution is -2.24. The normalized spacial score (nSPS) is 13.7. The lowest BCUT2D eigenvalue weighted by Gasteiger charge is -1.83. The minimum Gasteiger partial charge on any atom is -0.267 e. The van der Waals surface area contributed by atoms with E-state index in [0.717, 1.165) is 0 Å². The Labute approximate surface area is 67.0 Å². The maximum atomic E-state index is 10.7.